The van der Waals surface area contributed by atoms with E-state index in [0.717, 1.165) is 25.7 Å². The highest BCUT2D eigenvalue weighted by Gasteiger charge is 2.27. The van der Waals surface area contributed by atoms with Crippen LogP contribution in [0.2, 0.25) is 0 Å². The Morgan fingerprint density at radius 3 is 2.27 bits per heavy atom. The van der Waals surface area contributed by atoms with E-state index in [4.69, 9.17) is 0 Å². The summed E-state index contributed by atoms with van der Waals surface area (Å²) < 4.78 is 0. The number of amides is 1. The van der Waals surface area contributed by atoms with Gasteiger partial charge in [0.1, 0.15) is 5.78 Å². The second-order valence-electron chi connectivity index (χ2n) is 4.80. The summed E-state index contributed by atoms with van der Waals surface area (Å²) in [6, 6.07) is 0.412. The van der Waals surface area contributed by atoms with Crippen LogP contribution in [0.25, 0.3) is 0 Å². The molecule has 2 saturated carbocycles. The maximum atomic E-state index is 11.8. The Bertz CT molecular complexity index is 246. The van der Waals surface area contributed by atoms with Crippen molar-refractivity contribution < 1.29 is 9.59 Å². The second-order valence-corrected chi connectivity index (χ2v) is 4.80. The topological polar surface area (TPSA) is 46.2 Å². The molecular formula is C12H19NO2. The Morgan fingerprint density at radius 2 is 1.67 bits per heavy atom. The van der Waals surface area contributed by atoms with Crippen molar-refractivity contribution in [3.05, 3.63) is 0 Å². The maximum absolute atomic E-state index is 11.8. The van der Waals surface area contributed by atoms with Crippen LogP contribution in [0, 0.1) is 5.92 Å². The molecule has 2 aliphatic carbocycles. The second kappa shape index (κ2) is 4.77. The van der Waals surface area contributed by atoms with Crippen LogP contribution in [0.1, 0.15) is 51.4 Å². The third kappa shape index (κ3) is 2.80. The van der Waals surface area contributed by atoms with E-state index in [9.17, 15) is 9.59 Å². The third-order valence-electron chi connectivity index (χ3n) is 3.62. The largest absolute Gasteiger partial charge is 0.353 e. The van der Waals surface area contributed by atoms with E-state index >= 15 is 0 Å². The smallest absolute Gasteiger partial charge is 0.223 e. The number of Topliss-reactive ketones (excluding diaryl/α,β-unsaturated/α-hetero) is 1. The van der Waals surface area contributed by atoms with Crippen molar-refractivity contribution in [2.45, 2.75) is 57.4 Å². The summed E-state index contributed by atoms with van der Waals surface area (Å²) in [5.41, 5.74) is 0. The van der Waals surface area contributed by atoms with E-state index < -0.39 is 0 Å². The van der Waals surface area contributed by atoms with Crippen LogP contribution in [0.3, 0.4) is 0 Å². The first-order valence-electron chi connectivity index (χ1n) is 6.08. The van der Waals surface area contributed by atoms with E-state index in [-0.39, 0.29) is 11.8 Å². The fourth-order valence-electron chi connectivity index (χ4n) is 2.59. The van der Waals surface area contributed by atoms with Gasteiger partial charge in [-0.3, -0.25) is 9.59 Å². The van der Waals surface area contributed by atoms with Crippen molar-refractivity contribution in [1.29, 1.82) is 0 Å². The molecule has 0 aromatic heterocycles. The average molecular weight is 209 g/mol. The summed E-state index contributed by atoms with van der Waals surface area (Å²) in [5.74, 6) is 0.609. The fourth-order valence-corrected chi connectivity index (χ4v) is 2.59. The quantitative estimate of drug-likeness (QED) is 0.753. The zero-order valence-electron chi connectivity index (χ0n) is 9.13. The normalized spacial score (nSPS) is 24.4. The number of carbonyl (C=O) groups is 2. The molecule has 2 fully saturated rings. The summed E-state index contributed by atoms with van der Waals surface area (Å²) in [6.07, 6.45) is 7.48. The number of rotatable bonds is 2. The molecule has 3 nitrogen and oxygen atoms in total. The fraction of sp³-hybridized carbons (Fsp3) is 0.833. The van der Waals surface area contributed by atoms with Crippen LogP contribution in [0.4, 0.5) is 0 Å². The predicted octanol–water partition coefficient (Wildman–Crippen LogP) is 1.80. The molecule has 0 spiro atoms. The summed E-state index contributed by atoms with van der Waals surface area (Å²) in [6.45, 7) is 0. The highest BCUT2D eigenvalue weighted by molar-refractivity contribution is 5.84. The number of nitrogens with one attached hydrogen (secondary N) is 1. The first-order chi connectivity index (χ1) is 7.25. The number of hydrogen-bond acceptors (Lipinski definition) is 2. The van der Waals surface area contributed by atoms with Gasteiger partial charge in [-0.05, 0) is 25.7 Å². The third-order valence-corrected chi connectivity index (χ3v) is 3.62. The Balaban J connectivity index is 1.77. The van der Waals surface area contributed by atoms with Crippen molar-refractivity contribution in [2.24, 2.45) is 5.92 Å². The lowest BCUT2D eigenvalue weighted by atomic mass is 9.87. The van der Waals surface area contributed by atoms with Crippen molar-refractivity contribution in [2.75, 3.05) is 0 Å². The summed E-state index contributed by atoms with van der Waals surface area (Å²) in [5, 5.41) is 3.11. The standard InChI is InChI=1S/C12H19NO2/c14-11-7-5-9(6-8-11)12(15)13-10-3-1-2-4-10/h9-10H,1-8H2,(H,13,15). The molecule has 0 aromatic carbocycles. The van der Waals surface area contributed by atoms with Gasteiger partial charge in [-0.1, -0.05) is 12.8 Å². The molecular weight excluding hydrogens is 190 g/mol. The Labute approximate surface area is 90.6 Å². The van der Waals surface area contributed by atoms with E-state index in [1.807, 2.05) is 0 Å². The van der Waals surface area contributed by atoms with Crippen LogP contribution in [0.5, 0.6) is 0 Å². The molecule has 15 heavy (non-hydrogen) atoms. The van der Waals surface area contributed by atoms with Gasteiger partial charge >= 0.3 is 0 Å². The van der Waals surface area contributed by atoms with Gasteiger partial charge in [0.2, 0.25) is 5.91 Å². The molecule has 2 aliphatic rings. The van der Waals surface area contributed by atoms with Gasteiger partial charge < -0.3 is 5.32 Å². The zero-order valence-corrected chi connectivity index (χ0v) is 9.13. The molecule has 0 unspecified atom stereocenters. The van der Waals surface area contributed by atoms with E-state index in [1.165, 1.54) is 12.8 Å². The zero-order chi connectivity index (χ0) is 10.7. The minimum atomic E-state index is 0.100. The maximum Gasteiger partial charge on any atom is 0.223 e. The molecule has 0 atom stereocenters. The number of ketones is 1. The molecule has 0 heterocycles. The molecule has 0 aliphatic heterocycles. The highest BCUT2D eigenvalue weighted by Crippen LogP contribution is 2.23. The Kier molecular flexibility index (Phi) is 3.39. The van der Waals surface area contributed by atoms with Gasteiger partial charge in [0, 0.05) is 24.8 Å². The monoisotopic (exact) mass is 209 g/mol. The predicted molar refractivity (Wildman–Crippen MR) is 57.4 cm³/mol. The highest BCUT2D eigenvalue weighted by atomic mass is 16.2. The van der Waals surface area contributed by atoms with Crippen LogP contribution < -0.4 is 5.32 Å². The molecule has 84 valence electrons. The summed E-state index contributed by atoms with van der Waals surface area (Å²) in [4.78, 5) is 22.9. The SMILES string of the molecule is O=C1CCC(C(=O)NC2CCCC2)CC1. The Morgan fingerprint density at radius 1 is 1.07 bits per heavy atom. The molecule has 0 saturated heterocycles. The van der Waals surface area contributed by atoms with Crippen LogP contribution in [-0.2, 0) is 9.59 Å². The minimum Gasteiger partial charge on any atom is -0.353 e. The lowest BCUT2D eigenvalue weighted by Gasteiger charge is -2.22. The van der Waals surface area contributed by atoms with Crippen molar-refractivity contribution >= 4 is 11.7 Å². The van der Waals surface area contributed by atoms with E-state index in [2.05, 4.69) is 5.32 Å². The number of hydrogen-bond donors (Lipinski definition) is 1. The van der Waals surface area contributed by atoms with Gasteiger partial charge in [0.25, 0.3) is 0 Å². The first-order valence-corrected chi connectivity index (χ1v) is 6.08. The van der Waals surface area contributed by atoms with Gasteiger partial charge in [0.05, 0.1) is 0 Å². The first kappa shape index (κ1) is 10.7. The minimum absolute atomic E-state index is 0.100. The van der Waals surface area contributed by atoms with Crippen LogP contribution in [-0.4, -0.2) is 17.7 Å². The van der Waals surface area contributed by atoms with E-state index in [0.29, 0.717) is 24.7 Å². The van der Waals surface area contributed by atoms with E-state index in [1.54, 1.807) is 0 Å². The van der Waals surface area contributed by atoms with Crippen molar-refractivity contribution in [3.63, 3.8) is 0 Å². The molecule has 0 bridgehead atoms. The number of carbonyl (C=O) groups excluding carboxylic acids is 2. The summed E-state index contributed by atoms with van der Waals surface area (Å²) in [7, 11) is 0. The molecule has 0 radical (unpaired) electrons. The molecule has 3 heteroatoms. The lowest BCUT2D eigenvalue weighted by molar-refractivity contribution is -0.129. The lowest BCUT2D eigenvalue weighted by Crippen LogP contribution is -2.38. The van der Waals surface area contributed by atoms with Gasteiger partial charge in [-0.15, -0.1) is 0 Å². The van der Waals surface area contributed by atoms with Crippen LogP contribution in [0.15, 0.2) is 0 Å². The molecule has 0 aromatic rings. The average Bonchev–Trinajstić information content (AvgIpc) is 2.71. The molecule has 1 N–H and O–H groups in total. The van der Waals surface area contributed by atoms with Gasteiger partial charge in [0.15, 0.2) is 0 Å². The molecule has 1 amide bonds. The Hall–Kier alpha value is -0.860. The van der Waals surface area contributed by atoms with Crippen molar-refractivity contribution in [1.82, 2.24) is 5.32 Å². The molecule has 2 rings (SSSR count). The van der Waals surface area contributed by atoms with Gasteiger partial charge in [-0.2, -0.15) is 0 Å². The van der Waals surface area contributed by atoms with Crippen LogP contribution >= 0.6 is 0 Å². The summed E-state index contributed by atoms with van der Waals surface area (Å²) >= 11 is 0. The van der Waals surface area contributed by atoms with Gasteiger partial charge in [-0.25, -0.2) is 0 Å². The van der Waals surface area contributed by atoms with Crippen molar-refractivity contribution in [3.8, 4) is 0 Å².